The van der Waals surface area contributed by atoms with Gasteiger partial charge in [0.15, 0.2) is 17.9 Å². The monoisotopic (exact) mass is 618 g/mol. The molecule has 2 heterocycles. The van der Waals surface area contributed by atoms with Crippen molar-refractivity contribution in [2.24, 2.45) is 0 Å². The second-order valence-corrected chi connectivity index (χ2v) is 11.8. The Kier molecular flexibility index (Phi) is 7.96. The summed E-state index contributed by atoms with van der Waals surface area (Å²) in [7, 11) is 1.35. The van der Waals surface area contributed by atoms with Crippen LogP contribution in [0.25, 0.3) is 0 Å². The van der Waals surface area contributed by atoms with Crippen LogP contribution in [0.5, 0.6) is 17.2 Å². The number of ketones is 3. The van der Waals surface area contributed by atoms with Crippen LogP contribution in [0.15, 0.2) is 42.7 Å². The van der Waals surface area contributed by atoms with Gasteiger partial charge in [0.05, 0.1) is 42.1 Å². The summed E-state index contributed by atoms with van der Waals surface area (Å²) in [4.78, 5) is 44.2. The van der Waals surface area contributed by atoms with Crippen molar-refractivity contribution in [1.82, 2.24) is 10.3 Å². The summed E-state index contributed by atoms with van der Waals surface area (Å²) in [6.45, 7) is 3.31. The van der Waals surface area contributed by atoms with Gasteiger partial charge in [-0.3, -0.25) is 19.4 Å². The molecule has 1 aromatic heterocycles. The van der Waals surface area contributed by atoms with Crippen molar-refractivity contribution < 1.29 is 49.0 Å². The van der Waals surface area contributed by atoms with E-state index in [1.165, 1.54) is 32.2 Å². The third kappa shape index (κ3) is 5.18. The molecule has 236 valence electrons. The van der Waals surface area contributed by atoms with Crippen molar-refractivity contribution in [3.8, 4) is 17.2 Å². The molecule has 6 rings (SSSR count). The number of nitrogens with one attached hydrogen (secondary N) is 1. The lowest BCUT2D eigenvalue weighted by Gasteiger charge is -2.43. The molecule has 0 amide bonds. The van der Waals surface area contributed by atoms with E-state index in [0.717, 1.165) is 5.56 Å². The first-order valence-electron chi connectivity index (χ1n) is 14.7. The summed E-state index contributed by atoms with van der Waals surface area (Å²) < 4.78 is 17.6. The van der Waals surface area contributed by atoms with Crippen LogP contribution in [0.2, 0.25) is 0 Å². The fourth-order valence-corrected chi connectivity index (χ4v) is 6.58. The number of aliphatic hydroxyl groups excluding tert-OH is 1. The van der Waals surface area contributed by atoms with E-state index < -0.39 is 82.6 Å². The number of hydrogen-bond acceptors (Lipinski definition) is 12. The highest BCUT2D eigenvalue weighted by Crippen LogP contribution is 2.52. The molecule has 2 aliphatic carbocycles. The first-order chi connectivity index (χ1) is 21.4. The second kappa shape index (κ2) is 11.6. The quantitative estimate of drug-likeness (QED) is 0.191. The van der Waals surface area contributed by atoms with Crippen LogP contribution in [-0.2, 0) is 27.2 Å². The molecular weight excluding hydrogens is 584 g/mol. The molecule has 12 nitrogen and oxygen atoms in total. The highest BCUT2D eigenvalue weighted by atomic mass is 16.7. The molecule has 2 aromatic carbocycles. The largest absolute Gasteiger partial charge is 0.507 e. The molecule has 6 atom stereocenters. The molecule has 3 aliphatic rings. The van der Waals surface area contributed by atoms with Gasteiger partial charge < -0.3 is 40.0 Å². The maximum absolute atomic E-state index is 13.8. The molecule has 0 radical (unpaired) electrons. The number of hydrogen-bond donors (Lipinski definition) is 5. The lowest BCUT2D eigenvalue weighted by atomic mass is 9.72. The maximum Gasteiger partial charge on any atom is 0.202 e. The molecule has 1 saturated heterocycles. The number of carbonyl (C=O) groups is 3. The van der Waals surface area contributed by atoms with Crippen molar-refractivity contribution in [2.75, 3.05) is 7.11 Å². The van der Waals surface area contributed by atoms with E-state index in [0.29, 0.717) is 6.54 Å². The zero-order chi connectivity index (χ0) is 32.2. The standard InChI is InChI=1S/C33H34N2O10/c1-15-28(37)20(35-14-17-7-9-34-10-8-17)11-23(44-15)45-22-13-33(42,16(2)36)12-19-25(22)32(41)27-26(30(19)39)29(38)18-5-4-6-21(43-3)24(18)31(27)40/h4-10,15,20,22-23,28,35,37,39,41-42H,11-14H2,1-3H3/t15?,20?,22-,23?,28?,33-/m0/s1. The third-order valence-electron chi connectivity index (χ3n) is 9.07. The van der Waals surface area contributed by atoms with Gasteiger partial charge in [-0.15, -0.1) is 0 Å². The Bertz CT molecular complexity index is 1690. The van der Waals surface area contributed by atoms with Gasteiger partial charge in [-0.05, 0) is 37.6 Å². The fourth-order valence-electron chi connectivity index (χ4n) is 6.58. The molecule has 45 heavy (non-hydrogen) atoms. The fraction of sp³-hybridized carbons (Fsp3) is 0.394. The van der Waals surface area contributed by atoms with Crippen LogP contribution in [-0.4, -0.2) is 80.0 Å². The SMILES string of the molecule is COc1cccc2c1C(=O)c1c(O)c3c(c(O)c1C2=O)C[C@@](O)(C(C)=O)C[C@@H]3OC1CC(NCc2ccncc2)C(O)C(C)O1. The van der Waals surface area contributed by atoms with Crippen molar-refractivity contribution in [3.63, 3.8) is 0 Å². The van der Waals surface area contributed by atoms with Gasteiger partial charge in [0.25, 0.3) is 0 Å². The van der Waals surface area contributed by atoms with E-state index in [1.807, 2.05) is 12.1 Å². The Labute approximate surface area is 258 Å². The average molecular weight is 619 g/mol. The lowest BCUT2D eigenvalue weighted by Crippen LogP contribution is -2.54. The first-order valence-corrected chi connectivity index (χ1v) is 14.7. The average Bonchev–Trinajstić information content (AvgIpc) is 3.02. The molecule has 0 spiro atoms. The number of methoxy groups -OCH3 is 1. The Hall–Kier alpha value is -4.20. The van der Waals surface area contributed by atoms with Crippen LogP contribution in [0.4, 0.5) is 0 Å². The lowest BCUT2D eigenvalue weighted by molar-refractivity contribution is -0.249. The van der Waals surface area contributed by atoms with Crippen molar-refractivity contribution in [3.05, 3.63) is 81.7 Å². The number of Topliss-reactive ketones (excluding diaryl/α,β-unsaturated/α-hetero) is 1. The Balaban J connectivity index is 1.39. The summed E-state index contributed by atoms with van der Waals surface area (Å²) in [5.74, 6) is -3.15. The topological polar surface area (TPSA) is 185 Å². The summed E-state index contributed by atoms with van der Waals surface area (Å²) in [6, 6.07) is 7.67. The highest BCUT2D eigenvalue weighted by Gasteiger charge is 2.49. The van der Waals surface area contributed by atoms with Crippen LogP contribution in [0.3, 0.4) is 0 Å². The third-order valence-corrected chi connectivity index (χ3v) is 9.07. The minimum atomic E-state index is -2.02. The van der Waals surface area contributed by atoms with E-state index in [9.17, 15) is 34.8 Å². The summed E-state index contributed by atoms with van der Waals surface area (Å²) in [6.07, 6.45) is -1.06. The second-order valence-electron chi connectivity index (χ2n) is 11.8. The number of aliphatic hydroxyl groups is 2. The number of carbonyl (C=O) groups excluding carboxylic acids is 3. The maximum atomic E-state index is 13.8. The molecule has 5 N–H and O–H groups in total. The minimum absolute atomic E-state index is 0.0135. The van der Waals surface area contributed by atoms with Crippen molar-refractivity contribution in [2.45, 2.75) is 75.9 Å². The molecule has 0 bridgehead atoms. The molecule has 1 fully saturated rings. The highest BCUT2D eigenvalue weighted by molar-refractivity contribution is 6.31. The Morgan fingerprint density at radius 2 is 1.80 bits per heavy atom. The first kappa shape index (κ1) is 30.8. The van der Waals surface area contributed by atoms with Gasteiger partial charge >= 0.3 is 0 Å². The number of pyridine rings is 1. The van der Waals surface area contributed by atoms with Gasteiger partial charge in [-0.1, -0.05) is 12.1 Å². The molecule has 0 saturated carbocycles. The van der Waals surface area contributed by atoms with E-state index in [2.05, 4.69) is 10.3 Å². The van der Waals surface area contributed by atoms with Crippen molar-refractivity contribution >= 4 is 17.3 Å². The molecular formula is C33H34N2O10. The molecule has 1 aliphatic heterocycles. The summed E-state index contributed by atoms with van der Waals surface area (Å²) in [5.41, 5.74) is -2.08. The number of phenolic OH excluding ortho intramolecular Hbond substituents is 2. The number of phenols is 2. The number of fused-ring (bicyclic) bond motifs is 3. The smallest absolute Gasteiger partial charge is 0.202 e. The van der Waals surface area contributed by atoms with Gasteiger partial charge in [-0.2, -0.15) is 0 Å². The van der Waals surface area contributed by atoms with Crippen LogP contribution in [0, 0.1) is 0 Å². The van der Waals surface area contributed by atoms with Gasteiger partial charge in [0, 0.05) is 60.9 Å². The number of aromatic nitrogens is 1. The van der Waals surface area contributed by atoms with E-state index in [4.69, 9.17) is 14.2 Å². The predicted octanol–water partition coefficient (Wildman–Crippen LogP) is 2.25. The van der Waals surface area contributed by atoms with Gasteiger partial charge in [0.2, 0.25) is 5.78 Å². The predicted molar refractivity (Wildman–Crippen MR) is 157 cm³/mol. The van der Waals surface area contributed by atoms with Crippen LogP contribution >= 0.6 is 0 Å². The van der Waals surface area contributed by atoms with E-state index >= 15 is 0 Å². The van der Waals surface area contributed by atoms with Crippen LogP contribution < -0.4 is 10.1 Å². The summed E-state index contributed by atoms with van der Waals surface area (Å²) in [5, 5.41) is 48.8. The normalized spacial score (nSPS) is 27.4. The van der Waals surface area contributed by atoms with E-state index in [-0.39, 0.29) is 40.8 Å². The Morgan fingerprint density at radius 1 is 1.09 bits per heavy atom. The van der Waals surface area contributed by atoms with Gasteiger partial charge in [0.1, 0.15) is 22.8 Å². The van der Waals surface area contributed by atoms with E-state index in [1.54, 1.807) is 19.3 Å². The number of benzene rings is 2. The number of rotatable bonds is 7. The molecule has 12 heteroatoms. The number of aromatic hydroxyl groups is 2. The zero-order valence-corrected chi connectivity index (χ0v) is 24.9. The minimum Gasteiger partial charge on any atom is -0.507 e. The molecule has 3 aromatic rings. The number of ether oxygens (including phenoxy) is 3. The molecule has 4 unspecified atom stereocenters. The van der Waals surface area contributed by atoms with Crippen molar-refractivity contribution in [1.29, 1.82) is 0 Å². The van der Waals surface area contributed by atoms with Crippen LogP contribution in [0.1, 0.15) is 81.3 Å². The summed E-state index contributed by atoms with van der Waals surface area (Å²) >= 11 is 0. The zero-order valence-electron chi connectivity index (χ0n) is 24.9. The number of nitrogens with zero attached hydrogens (tertiary/aromatic N) is 1. The Morgan fingerprint density at radius 3 is 2.49 bits per heavy atom. The van der Waals surface area contributed by atoms with Gasteiger partial charge in [-0.25, -0.2) is 0 Å².